The summed E-state index contributed by atoms with van der Waals surface area (Å²) in [5, 5.41) is 3.93. The second-order valence-electron chi connectivity index (χ2n) is 3.39. The lowest BCUT2D eigenvalue weighted by Crippen LogP contribution is -2.17. The number of hydrogen-bond acceptors (Lipinski definition) is 3. The Hall–Kier alpha value is -1.76. The molecule has 0 saturated carbocycles. The Morgan fingerprint density at radius 3 is 2.72 bits per heavy atom. The Morgan fingerprint density at radius 1 is 1.39 bits per heavy atom. The number of halogens is 4. The van der Waals surface area contributed by atoms with Crippen molar-refractivity contribution >= 4 is 11.6 Å². The zero-order valence-electron chi connectivity index (χ0n) is 9.07. The van der Waals surface area contributed by atoms with Crippen molar-refractivity contribution in [1.82, 2.24) is 14.8 Å². The van der Waals surface area contributed by atoms with Crippen LogP contribution in [0.1, 0.15) is 5.69 Å². The van der Waals surface area contributed by atoms with Crippen molar-refractivity contribution in [2.24, 2.45) is 0 Å². The largest absolute Gasteiger partial charge is 0.574 e. The number of rotatable bonds is 2. The Morgan fingerprint density at radius 2 is 2.11 bits per heavy atom. The maximum atomic E-state index is 12.1. The normalized spacial score (nSPS) is 11.6. The van der Waals surface area contributed by atoms with E-state index in [9.17, 15) is 13.2 Å². The lowest BCUT2D eigenvalue weighted by atomic mass is 10.4. The van der Waals surface area contributed by atoms with Gasteiger partial charge in [-0.25, -0.2) is 9.67 Å². The second kappa shape index (κ2) is 4.49. The highest BCUT2D eigenvalue weighted by Gasteiger charge is 2.32. The van der Waals surface area contributed by atoms with Crippen molar-refractivity contribution < 1.29 is 17.9 Å². The Labute approximate surface area is 105 Å². The topological polar surface area (TPSA) is 39.9 Å². The minimum Gasteiger partial charge on any atom is -0.386 e. The first-order valence-electron chi connectivity index (χ1n) is 4.80. The minimum atomic E-state index is -4.78. The van der Waals surface area contributed by atoms with E-state index >= 15 is 0 Å². The molecule has 4 nitrogen and oxygen atoms in total. The van der Waals surface area contributed by atoms with Gasteiger partial charge in [-0.3, -0.25) is 0 Å². The van der Waals surface area contributed by atoms with E-state index in [0.717, 1.165) is 6.07 Å². The highest BCUT2D eigenvalue weighted by atomic mass is 35.5. The van der Waals surface area contributed by atoms with Crippen LogP contribution in [-0.2, 0) is 0 Å². The number of aromatic nitrogens is 3. The predicted octanol–water partition coefficient (Wildman–Crippen LogP) is 3.13. The van der Waals surface area contributed by atoms with Crippen LogP contribution in [0.15, 0.2) is 24.4 Å². The molecule has 0 N–H and O–H groups in total. The molecule has 0 spiro atoms. The molecular formula is C10H7ClF3N3O. The van der Waals surface area contributed by atoms with E-state index in [1.807, 2.05) is 0 Å². The molecule has 0 atom stereocenters. The maximum absolute atomic E-state index is 12.1. The first-order chi connectivity index (χ1) is 8.37. The van der Waals surface area contributed by atoms with Crippen LogP contribution < -0.4 is 4.74 Å². The molecule has 0 aromatic carbocycles. The monoisotopic (exact) mass is 277 g/mol. The Bertz CT molecular complexity index is 568. The third-order valence-corrected chi connectivity index (χ3v) is 2.32. The van der Waals surface area contributed by atoms with Gasteiger partial charge < -0.3 is 4.74 Å². The van der Waals surface area contributed by atoms with Crippen molar-refractivity contribution in [2.75, 3.05) is 0 Å². The van der Waals surface area contributed by atoms with Crippen molar-refractivity contribution in [1.29, 1.82) is 0 Å². The summed E-state index contributed by atoms with van der Waals surface area (Å²) >= 11 is 5.89. The number of aryl methyl sites for hydroxylation is 1. The van der Waals surface area contributed by atoms with Crippen molar-refractivity contribution in [3.8, 4) is 11.7 Å². The third-order valence-electron chi connectivity index (χ3n) is 2.02. The first-order valence-corrected chi connectivity index (χ1v) is 5.18. The van der Waals surface area contributed by atoms with Gasteiger partial charge in [0.25, 0.3) is 0 Å². The molecular weight excluding hydrogens is 271 g/mol. The molecule has 0 aliphatic rings. The molecule has 0 aliphatic carbocycles. The average molecular weight is 278 g/mol. The van der Waals surface area contributed by atoms with E-state index in [4.69, 9.17) is 11.6 Å². The van der Waals surface area contributed by atoms with E-state index in [1.165, 1.54) is 10.9 Å². The average Bonchev–Trinajstić information content (AvgIpc) is 2.57. The fourth-order valence-corrected chi connectivity index (χ4v) is 1.56. The van der Waals surface area contributed by atoms with Gasteiger partial charge >= 0.3 is 6.36 Å². The van der Waals surface area contributed by atoms with Crippen molar-refractivity contribution in [3.63, 3.8) is 0 Å². The fourth-order valence-electron chi connectivity index (χ4n) is 1.36. The van der Waals surface area contributed by atoms with Crippen LogP contribution in [0, 0.1) is 6.92 Å². The Kier molecular flexibility index (Phi) is 3.16. The lowest BCUT2D eigenvalue weighted by Gasteiger charge is -2.05. The zero-order valence-corrected chi connectivity index (χ0v) is 9.83. The molecule has 0 fully saturated rings. The summed E-state index contributed by atoms with van der Waals surface area (Å²) in [4.78, 5) is 3.95. The van der Waals surface area contributed by atoms with Crippen LogP contribution in [0.5, 0.6) is 5.88 Å². The van der Waals surface area contributed by atoms with Crippen LogP contribution in [-0.4, -0.2) is 21.1 Å². The van der Waals surface area contributed by atoms with E-state index in [0.29, 0.717) is 5.69 Å². The standard InChI is InChI=1S/C10H7ClF3N3O/c1-6-5-8(18-10(12,13)14)16-17(6)9-7(11)3-2-4-15-9/h2-5H,1H3. The molecule has 96 valence electrons. The van der Waals surface area contributed by atoms with Crippen LogP contribution in [0.4, 0.5) is 13.2 Å². The number of ether oxygens (including phenoxy) is 1. The summed E-state index contributed by atoms with van der Waals surface area (Å²) in [6.45, 7) is 1.57. The molecule has 0 saturated heterocycles. The lowest BCUT2D eigenvalue weighted by molar-refractivity contribution is -0.276. The number of alkyl halides is 3. The number of hydrogen-bond donors (Lipinski definition) is 0. The van der Waals surface area contributed by atoms with Gasteiger partial charge in [0.2, 0.25) is 5.88 Å². The van der Waals surface area contributed by atoms with Gasteiger partial charge in [-0.15, -0.1) is 18.3 Å². The summed E-state index contributed by atoms with van der Waals surface area (Å²) in [5.41, 5.74) is 0.426. The van der Waals surface area contributed by atoms with E-state index < -0.39 is 12.2 Å². The highest BCUT2D eigenvalue weighted by molar-refractivity contribution is 6.32. The van der Waals surface area contributed by atoms with E-state index in [1.54, 1.807) is 19.1 Å². The van der Waals surface area contributed by atoms with Gasteiger partial charge in [-0.2, -0.15) is 0 Å². The minimum absolute atomic E-state index is 0.244. The molecule has 0 amide bonds. The number of pyridine rings is 1. The summed E-state index contributed by atoms with van der Waals surface area (Å²) in [6, 6.07) is 4.32. The van der Waals surface area contributed by atoms with Crippen LogP contribution in [0.25, 0.3) is 5.82 Å². The molecule has 0 aliphatic heterocycles. The molecule has 2 heterocycles. The van der Waals surface area contributed by atoms with E-state index in [-0.39, 0.29) is 10.8 Å². The summed E-state index contributed by atoms with van der Waals surface area (Å²) in [7, 11) is 0. The van der Waals surface area contributed by atoms with Gasteiger partial charge in [0.05, 0.1) is 5.02 Å². The fraction of sp³-hybridized carbons (Fsp3) is 0.200. The molecule has 0 radical (unpaired) electrons. The van der Waals surface area contributed by atoms with Gasteiger partial charge in [0.15, 0.2) is 5.82 Å². The van der Waals surface area contributed by atoms with Gasteiger partial charge in [-0.1, -0.05) is 11.6 Å². The van der Waals surface area contributed by atoms with Crippen molar-refractivity contribution in [2.45, 2.75) is 13.3 Å². The number of nitrogens with zero attached hydrogens (tertiary/aromatic N) is 3. The van der Waals surface area contributed by atoms with Crippen LogP contribution >= 0.6 is 11.6 Å². The van der Waals surface area contributed by atoms with Crippen molar-refractivity contribution in [3.05, 3.63) is 35.1 Å². The predicted molar refractivity (Wildman–Crippen MR) is 57.8 cm³/mol. The molecule has 8 heteroatoms. The third kappa shape index (κ3) is 2.73. The highest BCUT2D eigenvalue weighted by Crippen LogP contribution is 2.25. The van der Waals surface area contributed by atoms with Gasteiger partial charge in [0.1, 0.15) is 0 Å². The summed E-state index contributed by atoms with van der Waals surface area (Å²) < 4.78 is 41.1. The maximum Gasteiger partial charge on any atom is 0.574 e. The van der Waals surface area contributed by atoms with Gasteiger partial charge in [-0.05, 0) is 19.1 Å². The molecule has 18 heavy (non-hydrogen) atoms. The molecule has 0 unspecified atom stereocenters. The van der Waals surface area contributed by atoms with Gasteiger partial charge in [0, 0.05) is 18.0 Å². The second-order valence-corrected chi connectivity index (χ2v) is 3.80. The SMILES string of the molecule is Cc1cc(OC(F)(F)F)nn1-c1ncccc1Cl. The first kappa shape index (κ1) is 12.7. The molecule has 2 aromatic heterocycles. The van der Waals surface area contributed by atoms with E-state index in [2.05, 4.69) is 14.8 Å². The smallest absolute Gasteiger partial charge is 0.386 e. The Balaban J connectivity index is 2.39. The summed E-state index contributed by atoms with van der Waals surface area (Å²) in [6.07, 6.45) is -3.31. The zero-order chi connectivity index (χ0) is 13.3. The molecule has 2 aromatic rings. The van der Waals surface area contributed by atoms with Crippen LogP contribution in [0.3, 0.4) is 0 Å². The molecule has 2 rings (SSSR count). The summed E-state index contributed by atoms with van der Waals surface area (Å²) in [5.74, 6) is -0.310. The molecule has 0 bridgehead atoms. The van der Waals surface area contributed by atoms with Crippen LogP contribution in [0.2, 0.25) is 5.02 Å². The quantitative estimate of drug-likeness (QED) is 0.847.